The number of aromatic amines is 1. The summed E-state index contributed by atoms with van der Waals surface area (Å²) in [6.45, 7) is 3.81. The van der Waals surface area contributed by atoms with Gasteiger partial charge in [-0.25, -0.2) is 4.98 Å². The van der Waals surface area contributed by atoms with Gasteiger partial charge < -0.3 is 4.57 Å². The second-order valence-electron chi connectivity index (χ2n) is 3.27. The Morgan fingerprint density at radius 2 is 2.29 bits per heavy atom. The van der Waals surface area contributed by atoms with Crippen molar-refractivity contribution in [3.63, 3.8) is 0 Å². The predicted octanol–water partition coefficient (Wildman–Crippen LogP) is 0.840. The quantitative estimate of drug-likeness (QED) is 0.687. The van der Waals surface area contributed by atoms with Crippen molar-refractivity contribution in [3.05, 3.63) is 22.8 Å². The van der Waals surface area contributed by atoms with Crippen molar-refractivity contribution in [2.24, 2.45) is 0 Å². The fourth-order valence-corrected chi connectivity index (χ4v) is 1.28. The minimum absolute atomic E-state index is 0.0914. The van der Waals surface area contributed by atoms with Crippen LogP contribution in [0.4, 0.5) is 4.39 Å². The van der Waals surface area contributed by atoms with Crippen LogP contribution in [0.1, 0.15) is 19.9 Å². The Bertz CT molecular complexity index is 528. The van der Waals surface area contributed by atoms with Gasteiger partial charge in [0.1, 0.15) is 0 Å². The molecule has 5 nitrogen and oxygen atoms in total. The van der Waals surface area contributed by atoms with Gasteiger partial charge in [0.25, 0.3) is 11.6 Å². The van der Waals surface area contributed by atoms with Crippen LogP contribution in [0, 0.1) is 6.08 Å². The fraction of sp³-hybridized carbons (Fsp3) is 0.375. The maximum atomic E-state index is 12.8. The van der Waals surface area contributed by atoms with E-state index in [0.29, 0.717) is 0 Å². The lowest BCUT2D eigenvalue weighted by Crippen LogP contribution is -2.12. The number of H-pyrrole nitrogens is 1. The molecule has 0 aliphatic heterocycles. The van der Waals surface area contributed by atoms with Crippen molar-refractivity contribution < 1.29 is 4.39 Å². The SMILES string of the molecule is CC(C)n1cnc2c(=O)[nH]c(F)nc21. The molecule has 0 fully saturated rings. The van der Waals surface area contributed by atoms with Gasteiger partial charge in [-0.05, 0) is 13.8 Å². The average molecular weight is 196 g/mol. The van der Waals surface area contributed by atoms with Crippen LogP contribution in [0.5, 0.6) is 0 Å². The van der Waals surface area contributed by atoms with Crippen LogP contribution < -0.4 is 5.56 Å². The second kappa shape index (κ2) is 2.90. The smallest absolute Gasteiger partial charge is 0.291 e. The van der Waals surface area contributed by atoms with E-state index in [9.17, 15) is 9.18 Å². The number of hydrogen-bond acceptors (Lipinski definition) is 3. The summed E-state index contributed by atoms with van der Waals surface area (Å²) in [4.78, 5) is 20.6. The molecule has 0 aliphatic rings. The lowest BCUT2D eigenvalue weighted by atomic mass is 10.4. The third kappa shape index (κ3) is 1.19. The maximum Gasteiger partial charge on any atom is 0.291 e. The number of hydrogen-bond donors (Lipinski definition) is 1. The van der Waals surface area contributed by atoms with Crippen LogP contribution in [0.2, 0.25) is 0 Å². The molecule has 0 aromatic carbocycles. The summed E-state index contributed by atoms with van der Waals surface area (Å²) < 4.78 is 14.5. The van der Waals surface area contributed by atoms with Crippen molar-refractivity contribution >= 4 is 11.2 Å². The molecule has 0 saturated heterocycles. The monoisotopic (exact) mass is 196 g/mol. The standard InChI is InChI=1S/C8H9FN4O/c1-4(2)13-3-10-5-6(13)11-8(9)12-7(5)14/h3-4H,1-2H3,(H,11,12,14). The van der Waals surface area contributed by atoms with Gasteiger partial charge in [-0.15, -0.1) is 0 Å². The summed E-state index contributed by atoms with van der Waals surface area (Å²) in [6, 6.07) is 0.0914. The summed E-state index contributed by atoms with van der Waals surface area (Å²) >= 11 is 0. The first-order valence-electron chi connectivity index (χ1n) is 4.22. The van der Waals surface area contributed by atoms with Crippen LogP contribution in [0.3, 0.4) is 0 Å². The van der Waals surface area contributed by atoms with Crippen molar-refractivity contribution in [2.45, 2.75) is 19.9 Å². The van der Waals surface area contributed by atoms with E-state index < -0.39 is 11.6 Å². The third-order valence-electron chi connectivity index (χ3n) is 1.96. The van der Waals surface area contributed by atoms with Crippen LogP contribution in [-0.4, -0.2) is 19.5 Å². The Morgan fingerprint density at radius 3 is 2.93 bits per heavy atom. The van der Waals surface area contributed by atoms with Gasteiger partial charge in [-0.2, -0.15) is 9.37 Å². The minimum Gasteiger partial charge on any atom is -0.312 e. The van der Waals surface area contributed by atoms with E-state index in [0.717, 1.165) is 0 Å². The number of aromatic nitrogens is 4. The summed E-state index contributed by atoms with van der Waals surface area (Å²) in [6.07, 6.45) is 0.599. The van der Waals surface area contributed by atoms with Crippen LogP contribution in [-0.2, 0) is 0 Å². The molecule has 0 spiro atoms. The number of nitrogens with one attached hydrogen (secondary N) is 1. The van der Waals surface area contributed by atoms with Gasteiger partial charge in [0.15, 0.2) is 11.2 Å². The van der Waals surface area contributed by atoms with Gasteiger partial charge >= 0.3 is 0 Å². The molecule has 6 heteroatoms. The lowest BCUT2D eigenvalue weighted by molar-refractivity contribution is 0.533. The highest BCUT2D eigenvalue weighted by atomic mass is 19.1. The molecule has 2 aromatic rings. The lowest BCUT2D eigenvalue weighted by Gasteiger charge is -2.05. The number of imidazole rings is 1. The first-order valence-corrected chi connectivity index (χ1v) is 4.22. The topological polar surface area (TPSA) is 63.6 Å². The molecule has 2 aromatic heterocycles. The molecule has 0 radical (unpaired) electrons. The van der Waals surface area contributed by atoms with Gasteiger partial charge in [0, 0.05) is 6.04 Å². The molecule has 0 amide bonds. The highest BCUT2D eigenvalue weighted by molar-refractivity contribution is 5.68. The highest BCUT2D eigenvalue weighted by Crippen LogP contribution is 2.11. The summed E-state index contributed by atoms with van der Waals surface area (Å²) in [5.41, 5.74) is -0.103. The van der Waals surface area contributed by atoms with E-state index in [2.05, 4.69) is 9.97 Å². The number of rotatable bonds is 1. The molecule has 2 heterocycles. The Labute approximate surface area is 78.6 Å². The Kier molecular flexibility index (Phi) is 1.83. The second-order valence-corrected chi connectivity index (χ2v) is 3.27. The van der Waals surface area contributed by atoms with Crippen LogP contribution in [0.15, 0.2) is 11.1 Å². The Hall–Kier alpha value is -1.72. The van der Waals surface area contributed by atoms with Crippen LogP contribution >= 0.6 is 0 Å². The molecule has 1 N–H and O–H groups in total. The normalized spacial score (nSPS) is 11.4. The molecule has 0 unspecified atom stereocenters. The molecule has 2 rings (SSSR count). The van der Waals surface area contributed by atoms with E-state index in [-0.39, 0.29) is 17.2 Å². The Balaban J connectivity index is 2.85. The molecular formula is C8H9FN4O. The molecule has 0 atom stereocenters. The summed E-state index contributed by atoms with van der Waals surface area (Å²) in [7, 11) is 0. The third-order valence-corrected chi connectivity index (χ3v) is 1.96. The first-order chi connectivity index (χ1) is 6.59. The number of halogens is 1. The largest absolute Gasteiger partial charge is 0.312 e. The average Bonchev–Trinajstić information content (AvgIpc) is 2.47. The zero-order valence-electron chi connectivity index (χ0n) is 7.78. The van der Waals surface area contributed by atoms with Crippen LogP contribution in [0.25, 0.3) is 11.2 Å². The predicted molar refractivity (Wildman–Crippen MR) is 48.5 cm³/mol. The molecule has 0 saturated carbocycles. The van der Waals surface area contributed by atoms with Crippen molar-refractivity contribution in [3.8, 4) is 0 Å². The van der Waals surface area contributed by atoms with E-state index in [4.69, 9.17) is 0 Å². The summed E-state index contributed by atoms with van der Waals surface area (Å²) in [5, 5.41) is 0. The van der Waals surface area contributed by atoms with E-state index >= 15 is 0 Å². The Morgan fingerprint density at radius 1 is 1.57 bits per heavy atom. The fourth-order valence-electron chi connectivity index (χ4n) is 1.28. The molecular weight excluding hydrogens is 187 g/mol. The van der Waals surface area contributed by atoms with Gasteiger partial charge in [-0.3, -0.25) is 9.78 Å². The van der Waals surface area contributed by atoms with E-state index in [1.807, 2.05) is 18.8 Å². The van der Waals surface area contributed by atoms with Crippen molar-refractivity contribution in [2.75, 3.05) is 0 Å². The van der Waals surface area contributed by atoms with E-state index in [1.165, 1.54) is 6.33 Å². The zero-order valence-corrected chi connectivity index (χ0v) is 7.78. The maximum absolute atomic E-state index is 12.8. The van der Waals surface area contributed by atoms with Crippen molar-refractivity contribution in [1.29, 1.82) is 0 Å². The highest BCUT2D eigenvalue weighted by Gasteiger charge is 2.11. The zero-order chi connectivity index (χ0) is 10.3. The molecule has 0 bridgehead atoms. The molecule has 74 valence electrons. The minimum atomic E-state index is -0.884. The molecule has 14 heavy (non-hydrogen) atoms. The van der Waals surface area contributed by atoms with Gasteiger partial charge in [-0.1, -0.05) is 0 Å². The van der Waals surface area contributed by atoms with Gasteiger partial charge in [0.2, 0.25) is 0 Å². The molecule has 0 aliphatic carbocycles. The van der Waals surface area contributed by atoms with E-state index in [1.54, 1.807) is 4.57 Å². The van der Waals surface area contributed by atoms with Crippen molar-refractivity contribution in [1.82, 2.24) is 19.5 Å². The number of nitrogens with zero attached hydrogens (tertiary/aromatic N) is 3. The first kappa shape index (κ1) is 8.86. The number of fused-ring (bicyclic) bond motifs is 1. The summed E-state index contributed by atoms with van der Waals surface area (Å²) in [5.74, 6) is 0. The van der Waals surface area contributed by atoms with Gasteiger partial charge in [0.05, 0.1) is 6.33 Å².